The second-order valence-corrected chi connectivity index (χ2v) is 23.1. The van der Waals surface area contributed by atoms with Gasteiger partial charge in [0.25, 0.3) is 0 Å². The summed E-state index contributed by atoms with van der Waals surface area (Å²) in [4.78, 5) is 133. The lowest BCUT2D eigenvalue weighted by Gasteiger charge is -2.37. The number of aromatic amines is 1. The van der Waals surface area contributed by atoms with Crippen LogP contribution in [0.1, 0.15) is 62.8 Å². The van der Waals surface area contributed by atoms with Crippen molar-refractivity contribution in [1.82, 2.24) is 47.1 Å². The number of aromatic hydroxyl groups is 1. The molecule has 1 fully saturated rings. The van der Waals surface area contributed by atoms with Crippen LogP contribution in [0.2, 0.25) is 0 Å². The van der Waals surface area contributed by atoms with Gasteiger partial charge in [0.15, 0.2) is 0 Å². The number of hydrogen-bond donors (Lipinski definition) is 14. The van der Waals surface area contributed by atoms with Crippen molar-refractivity contribution in [3.8, 4) is 5.75 Å². The number of phenolic OH excluding ortho intramolecular Hbond substituents is 1. The monoisotopic (exact) mass is 1130 g/mol. The third-order valence-corrected chi connectivity index (χ3v) is 17.0. The molecule has 4 aromatic rings. The van der Waals surface area contributed by atoms with Crippen molar-refractivity contribution < 1.29 is 58.5 Å². The normalized spacial score (nSPS) is 23.7. The minimum Gasteiger partial charge on any atom is -0.508 e. The van der Waals surface area contributed by atoms with Crippen molar-refractivity contribution >= 4 is 85.7 Å². The molecule has 2 aliphatic heterocycles. The molecule has 0 bridgehead atoms. The zero-order valence-electron chi connectivity index (χ0n) is 44.2. The molecule has 0 radical (unpaired) electrons. The van der Waals surface area contributed by atoms with Crippen molar-refractivity contribution in [2.75, 3.05) is 18.8 Å². The number of primary amides is 1. The molecular weight excluding hydrogens is 1060 g/mol. The minimum atomic E-state index is -1.79. The summed E-state index contributed by atoms with van der Waals surface area (Å²) in [5.41, 5.74) is 20.6. The smallest absolute Gasteiger partial charge is 0.245 e. The first-order chi connectivity index (χ1) is 37.5. The van der Waals surface area contributed by atoms with Crippen LogP contribution in [0.15, 0.2) is 79.0 Å². The molecule has 0 spiro atoms. The fraction of sp³-hybridized carbons (Fsp3) is 0.453. The van der Waals surface area contributed by atoms with Gasteiger partial charge < -0.3 is 79.6 Å². The van der Waals surface area contributed by atoms with Crippen LogP contribution in [0.5, 0.6) is 5.75 Å². The molecule has 10 atom stereocenters. The van der Waals surface area contributed by atoms with E-state index in [1.807, 2.05) is 18.2 Å². The Balaban J connectivity index is 1.46. The average molecular weight is 1130 g/mol. The van der Waals surface area contributed by atoms with Gasteiger partial charge in [0.2, 0.25) is 53.2 Å². The van der Waals surface area contributed by atoms with E-state index in [1.54, 1.807) is 36.5 Å². The van der Waals surface area contributed by atoms with Crippen molar-refractivity contribution in [3.63, 3.8) is 0 Å². The molecule has 3 aromatic carbocycles. The van der Waals surface area contributed by atoms with Gasteiger partial charge in [-0.3, -0.25) is 43.2 Å². The van der Waals surface area contributed by atoms with Gasteiger partial charge in [0.1, 0.15) is 54.1 Å². The molecule has 26 heteroatoms. The van der Waals surface area contributed by atoms with E-state index >= 15 is 4.79 Å². The highest BCUT2D eigenvalue weighted by Gasteiger charge is 2.43. The van der Waals surface area contributed by atoms with Gasteiger partial charge in [-0.25, -0.2) is 0 Å². The second kappa shape index (κ2) is 27.6. The number of fused-ring (bicyclic) bond motifs is 2. The number of para-hydroxylation sites is 1. The lowest BCUT2D eigenvalue weighted by molar-refractivity contribution is -0.141. The Kier molecular flexibility index (Phi) is 21.3. The number of hydrogen-bond acceptors (Lipinski definition) is 16. The molecule has 3 heterocycles. The molecule has 2 aliphatic rings. The SMILES string of the molecule is C[C@@H](O)[C@H](NC(=O)[C@H]1NC(=O)[C@H]([C@@H](C)O)NC(=O)[C@H](CCCN)NC(=O)[C@H](Cc2c[nH]c3ccccc23)NC(=O)[C@@H](Cc2ccc(O)cc2)NC(=O)[C@@H](NC(=O)[C@H]2Cc3ccccc3CN2C(=O)CN)CSSC1(C)C)C(N)=O. The Morgan fingerprint density at radius 2 is 1.39 bits per heavy atom. The fourth-order valence-corrected chi connectivity index (χ4v) is 12.0. The summed E-state index contributed by atoms with van der Waals surface area (Å²) in [6.45, 7) is 5.13. The highest BCUT2D eigenvalue weighted by molar-refractivity contribution is 8.77. The van der Waals surface area contributed by atoms with E-state index in [9.17, 15) is 53.7 Å². The van der Waals surface area contributed by atoms with E-state index in [0.29, 0.717) is 22.0 Å². The van der Waals surface area contributed by atoms with E-state index in [-0.39, 0.29) is 56.7 Å². The molecule has 1 aromatic heterocycles. The standard InChI is InChI=1S/C53H70N12O12S2/c1-27(66)42(45(56)70)62-52(77)44-53(3,4)79-78-26-39(61-50(75)40-22-30-10-5-6-11-31(30)25-65(40)41(69)23-55)49(74)59-37(20-29-15-17-33(68)18-16-29)47(72)60-38(21-32-24-57-35-13-8-7-12-34(32)35)48(73)58-36(14-9-19-54)46(71)63-43(28(2)67)51(76)64-44/h5-8,10-13,15-18,24,27-28,36-40,42-44,57,66-68H,9,14,19-23,25-26,54-55H2,1-4H3,(H2,56,70)(H,58,73)(H,59,74)(H,60,72)(H,61,75)(H,62,77)(H,63,71)(H,64,76)/t27-,28-,36+,37-,38+,39+,40-,42+,43+,44-/m1/s1. The first kappa shape index (κ1) is 61.0. The molecule has 79 heavy (non-hydrogen) atoms. The summed E-state index contributed by atoms with van der Waals surface area (Å²) in [5, 5.41) is 50.8. The van der Waals surface area contributed by atoms with Crippen molar-refractivity contribution in [1.29, 1.82) is 0 Å². The topological polar surface area (TPSA) is 396 Å². The Labute approximate surface area is 464 Å². The molecular formula is C53H70N12O12S2. The summed E-state index contributed by atoms with van der Waals surface area (Å²) in [5.74, 6) is -8.51. The summed E-state index contributed by atoms with van der Waals surface area (Å²) >= 11 is 0. The first-order valence-electron chi connectivity index (χ1n) is 25.7. The number of H-pyrrole nitrogens is 1. The zero-order valence-corrected chi connectivity index (χ0v) is 45.8. The van der Waals surface area contributed by atoms with Gasteiger partial charge in [-0.1, -0.05) is 76.2 Å². The number of benzene rings is 3. The van der Waals surface area contributed by atoms with E-state index in [2.05, 4.69) is 42.2 Å². The Morgan fingerprint density at radius 1 is 0.772 bits per heavy atom. The van der Waals surface area contributed by atoms with Crippen LogP contribution in [0.4, 0.5) is 0 Å². The number of nitrogens with one attached hydrogen (secondary N) is 8. The van der Waals surface area contributed by atoms with E-state index in [4.69, 9.17) is 17.2 Å². The lowest BCUT2D eigenvalue weighted by atomic mass is 9.93. The highest BCUT2D eigenvalue weighted by atomic mass is 33.1. The third-order valence-electron chi connectivity index (χ3n) is 13.7. The maximum atomic E-state index is 15.0. The number of carbonyl (C=O) groups is 9. The molecule has 0 unspecified atom stereocenters. The number of amides is 9. The molecule has 6 rings (SSSR count). The molecule has 24 nitrogen and oxygen atoms in total. The highest BCUT2D eigenvalue weighted by Crippen LogP contribution is 2.39. The van der Waals surface area contributed by atoms with Gasteiger partial charge in [0.05, 0.1) is 18.8 Å². The van der Waals surface area contributed by atoms with Crippen LogP contribution >= 0.6 is 21.6 Å². The summed E-state index contributed by atoms with van der Waals surface area (Å²) in [7, 11) is 1.89. The minimum absolute atomic E-state index is 0.0380. The van der Waals surface area contributed by atoms with Crippen LogP contribution in [-0.2, 0) is 69.0 Å². The average Bonchev–Trinajstić information content (AvgIpc) is 3.83. The van der Waals surface area contributed by atoms with Crippen LogP contribution in [0.25, 0.3) is 10.9 Å². The van der Waals surface area contributed by atoms with Gasteiger partial charge in [-0.05, 0) is 87.5 Å². The van der Waals surface area contributed by atoms with Crippen LogP contribution < -0.4 is 54.4 Å². The molecule has 9 amide bonds. The van der Waals surface area contributed by atoms with Gasteiger partial charge >= 0.3 is 0 Å². The molecule has 426 valence electrons. The molecule has 0 aliphatic carbocycles. The summed E-state index contributed by atoms with van der Waals surface area (Å²) < 4.78 is -1.47. The summed E-state index contributed by atoms with van der Waals surface area (Å²) in [6.07, 6.45) is -1.72. The Hall–Kier alpha value is -7.23. The number of aliphatic hydroxyl groups excluding tert-OH is 2. The number of phenols is 1. The largest absolute Gasteiger partial charge is 0.508 e. The molecule has 0 saturated carbocycles. The van der Waals surface area contributed by atoms with Crippen LogP contribution in [-0.4, -0.2) is 163 Å². The van der Waals surface area contributed by atoms with Gasteiger partial charge in [-0.2, -0.15) is 0 Å². The van der Waals surface area contributed by atoms with Crippen LogP contribution in [0.3, 0.4) is 0 Å². The fourth-order valence-electron chi connectivity index (χ4n) is 9.22. The number of nitrogens with two attached hydrogens (primary N) is 3. The van der Waals surface area contributed by atoms with E-state index in [0.717, 1.165) is 32.7 Å². The van der Waals surface area contributed by atoms with Crippen molar-refractivity contribution in [2.24, 2.45) is 17.2 Å². The van der Waals surface area contributed by atoms with E-state index in [1.165, 1.54) is 56.9 Å². The van der Waals surface area contributed by atoms with E-state index < -0.39 is 125 Å². The molecule has 17 N–H and O–H groups in total. The van der Waals surface area contributed by atoms with Gasteiger partial charge in [0, 0.05) is 53.4 Å². The van der Waals surface area contributed by atoms with Crippen molar-refractivity contribution in [2.45, 2.75) is 132 Å². The number of carbonyl (C=O) groups excluding carboxylic acids is 9. The Bertz CT molecular complexity index is 2870. The quantitative estimate of drug-likeness (QED) is 0.0580. The number of aliphatic hydroxyl groups is 2. The number of aromatic nitrogens is 1. The zero-order chi connectivity index (χ0) is 57.7. The summed E-state index contributed by atoms with van der Waals surface area (Å²) in [6, 6.07) is 8.07. The third kappa shape index (κ3) is 16.0. The van der Waals surface area contributed by atoms with Crippen LogP contribution in [0, 0.1) is 0 Å². The maximum Gasteiger partial charge on any atom is 0.245 e. The Morgan fingerprint density at radius 3 is 2.04 bits per heavy atom. The predicted molar refractivity (Wildman–Crippen MR) is 296 cm³/mol. The number of rotatable bonds is 15. The lowest BCUT2D eigenvalue weighted by Crippen LogP contribution is -2.65. The van der Waals surface area contributed by atoms with Crippen molar-refractivity contribution in [3.05, 3.63) is 101 Å². The maximum absolute atomic E-state index is 15.0. The second-order valence-electron chi connectivity index (χ2n) is 20.1. The number of nitrogens with zero attached hydrogens (tertiary/aromatic N) is 1. The van der Waals surface area contributed by atoms with Gasteiger partial charge in [-0.15, -0.1) is 0 Å². The molecule has 1 saturated heterocycles. The predicted octanol–water partition coefficient (Wildman–Crippen LogP) is -1.88. The first-order valence-corrected chi connectivity index (χ1v) is 28.0.